The largest absolute Gasteiger partial charge is 0.352 e. The Balaban J connectivity index is 1.44. The summed E-state index contributed by atoms with van der Waals surface area (Å²) >= 11 is 0. The van der Waals surface area contributed by atoms with Gasteiger partial charge in [0.15, 0.2) is 0 Å². The van der Waals surface area contributed by atoms with Crippen molar-refractivity contribution in [2.75, 3.05) is 6.54 Å². The van der Waals surface area contributed by atoms with Crippen molar-refractivity contribution in [2.24, 2.45) is 0 Å². The number of hydrogen-bond acceptors (Lipinski definition) is 3. The number of nitrogens with one attached hydrogen (secondary N) is 1. The van der Waals surface area contributed by atoms with Gasteiger partial charge in [-0.15, -0.1) is 0 Å². The Morgan fingerprint density at radius 2 is 1.96 bits per heavy atom. The molecule has 0 saturated heterocycles. The third-order valence-electron chi connectivity index (χ3n) is 5.08. The number of hydrogen-bond donors (Lipinski definition) is 1. The molecule has 3 rings (SSSR count). The summed E-state index contributed by atoms with van der Waals surface area (Å²) in [6.45, 7) is 8.35. The third-order valence-corrected chi connectivity index (χ3v) is 5.08. The van der Waals surface area contributed by atoms with Gasteiger partial charge >= 0.3 is 5.69 Å². The molecule has 1 aromatic heterocycles. The van der Waals surface area contributed by atoms with Crippen LogP contribution in [0, 0.1) is 0 Å². The van der Waals surface area contributed by atoms with Crippen molar-refractivity contribution >= 4 is 12.0 Å². The van der Waals surface area contributed by atoms with Crippen molar-refractivity contribution in [2.45, 2.75) is 65.0 Å². The fourth-order valence-electron chi connectivity index (χ4n) is 3.36. The molecular formula is C22H30N4O2. The van der Waals surface area contributed by atoms with E-state index in [9.17, 15) is 9.59 Å². The molecule has 0 atom stereocenters. The van der Waals surface area contributed by atoms with Gasteiger partial charge in [-0.2, -0.15) is 5.10 Å². The Hall–Kier alpha value is -2.63. The van der Waals surface area contributed by atoms with E-state index in [-0.39, 0.29) is 17.0 Å². The van der Waals surface area contributed by atoms with E-state index in [4.69, 9.17) is 0 Å². The zero-order chi connectivity index (χ0) is 20.1. The highest BCUT2D eigenvalue weighted by atomic mass is 16.2. The summed E-state index contributed by atoms with van der Waals surface area (Å²) in [5, 5.41) is 7.27. The SMILES string of the molecule is CC(C)(C)c1ccc(C=CC(=O)NCCCn2nc3n(c2=O)CCCC3)cc1. The summed E-state index contributed by atoms with van der Waals surface area (Å²) in [5.41, 5.74) is 2.36. The number of carbonyl (C=O) groups excluding carboxylic acids is 1. The molecule has 28 heavy (non-hydrogen) atoms. The van der Waals surface area contributed by atoms with Gasteiger partial charge in [0.05, 0.1) is 0 Å². The Bertz CT molecular complexity index is 898. The van der Waals surface area contributed by atoms with Gasteiger partial charge in [-0.05, 0) is 41.9 Å². The second-order valence-corrected chi connectivity index (χ2v) is 8.38. The van der Waals surface area contributed by atoms with Crippen LogP contribution in [0.1, 0.15) is 57.0 Å². The summed E-state index contributed by atoms with van der Waals surface area (Å²) < 4.78 is 3.30. The topological polar surface area (TPSA) is 68.9 Å². The lowest BCUT2D eigenvalue weighted by atomic mass is 9.87. The average Bonchev–Trinajstić information content (AvgIpc) is 2.99. The van der Waals surface area contributed by atoms with Crippen molar-refractivity contribution in [1.29, 1.82) is 0 Å². The molecule has 0 unspecified atom stereocenters. The second-order valence-electron chi connectivity index (χ2n) is 8.38. The number of benzene rings is 1. The van der Waals surface area contributed by atoms with Crippen LogP contribution in [0.5, 0.6) is 0 Å². The third kappa shape index (κ3) is 5.00. The molecule has 2 aromatic rings. The summed E-state index contributed by atoms with van der Waals surface area (Å²) in [6, 6.07) is 8.24. The molecule has 0 bridgehead atoms. The van der Waals surface area contributed by atoms with E-state index in [0.29, 0.717) is 19.5 Å². The summed E-state index contributed by atoms with van der Waals surface area (Å²) in [4.78, 5) is 24.2. The van der Waals surface area contributed by atoms with Gasteiger partial charge in [-0.25, -0.2) is 9.48 Å². The van der Waals surface area contributed by atoms with Gasteiger partial charge in [0, 0.05) is 32.1 Å². The van der Waals surface area contributed by atoms with Crippen LogP contribution in [0.2, 0.25) is 0 Å². The van der Waals surface area contributed by atoms with E-state index < -0.39 is 0 Å². The Morgan fingerprint density at radius 1 is 1.21 bits per heavy atom. The molecule has 150 valence electrons. The van der Waals surface area contributed by atoms with E-state index >= 15 is 0 Å². The number of fused-ring (bicyclic) bond motifs is 1. The number of carbonyl (C=O) groups is 1. The highest BCUT2D eigenvalue weighted by Gasteiger charge is 2.16. The molecule has 0 saturated carbocycles. The lowest BCUT2D eigenvalue weighted by Crippen LogP contribution is -2.28. The Morgan fingerprint density at radius 3 is 2.64 bits per heavy atom. The fourth-order valence-corrected chi connectivity index (χ4v) is 3.36. The molecule has 0 radical (unpaired) electrons. The fraction of sp³-hybridized carbons (Fsp3) is 0.500. The minimum atomic E-state index is -0.128. The first-order chi connectivity index (χ1) is 13.3. The first-order valence-electron chi connectivity index (χ1n) is 10.1. The first kappa shape index (κ1) is 20.1. The maximum absolute atomic E-state index is 12.3. The van der Waals surface area contributed by atoms with Crippen molar-refractivity contribution in [1.82, 2.24) is 19.7 Å². The number of rotatable bonds is 6. The Kier molecular flexibility index (Phi) is 6.17. The predicted molar refractivity (Wildman–Crippen MR) is 111 cm³/mol. The summed E-state index contributed by atoms with van der Waals surface area (Å²) in [6.07, 6.45) is 7.05. The predicted octanol–water partition coefficient (Wildman–Crippen LogP) is 2.90. The van der Waals surface area contributed by atoms with Crippen molar-refractivity contribution in [3.63, 3.8) is 0 Å². The van der Waals surface area contributed by atoms with Crippen LogP contribution in [-0.2, 0) is 29.7 Å². The van der Waals surface area contributed by atoms with Crippen LogP contribution >= 0.6 is 0 Å². The Labute approximate surface area is 166 Å². The average molecular weight is 383 g/mol. The molecule has 0 aliphatic carbocycles. The van der Waals surface area contributed by atoms with E-state index in [1.54, 1.807) is 10.6 Å². The standard InChI is InChI=1S/C22H30N4O2/c1-22(2,3)18-11-8-17(9-12-18)10-13-20(27)23-14-6-16-26-21(28)25-15-5-4-7-19(25)24-26/h8-13H,4-7,14-16H2,1-3H3,(H,23,27). The van der Waals surface area contributed by atoms with Crippen molar-refractivity contribution < 1.29 is 4.79 Å². The van der Waals surface area contributed by atoms with Crippen LogP contribution in [0.15, 0.2) is 35.1 Å². The highest BCUT2D eigenvalue weighted by molar-refractivity contribution is 5.91. The highest BCUT2D eigenvalue weighted by Crippen LogP contribution is 2.22. The van der Waals surface area contributed by atoms with Crippen LogP contribution in [-0.4, -0.2) is 26.8 Å². The molecular weight excluding hydrogens is 352 g/mol. The van der Waals surface area contributed by atoms with Crippen LogP contribution in [0.3, 0.4) is 0 Å². The molecule has 1 aliphatic heterocycles. The minimum Gasteiger partial charge on any atom is -0.352 e. The lowest BCUT2D eigenvalue weighted by molar-refractivity contribution is -0.116. The molecule has 1 aromatic carbocycles. The smallest absolute Gasteiger partial charge is 0.345 e. The number of nitrogens with zero attached hydrogens (tertiary/aromatic N) is 3. The van der Waals surface area contributed by atoms with E-state index in [1.165, 1.54) is 10.2 Å². The number of amides is 1. The van der Waals surface area contributed by atoms with Gasteiger partial charge in [0.25, 0.3) is 0 Å². The summed E-state index contributed by atoms with van der Waals surface area (Å²) in [5.74, 6) is 0.761. The normalized spacial score (nSPS) is 14.2. The van der Waals surface area contributed by atoms with E-state index in [2.05, 4.69) is 43.3 Å². The van der Waals surface area contributed by atoms with E-state index in [1.807, 2.05) is 18.2 Å². The molecule has 1 aliphatic rings. The van der Waals surface area contributed by atoms with Crippen LogP contribution < -0.4 is 11.0 Å². The van der Waals surface area contributed by atoms with Crippen LogP contribution in [0.25, 0.3) is 6.08 Å². The lowest BCUT2D eigenvalue weighted by Gasteiger charge is -2.18. The maximum atomic E-state index is 12.3. The van der Waals surface area contributed by atoms with Gasteiger partial charge in [-0.1, -0.05) is 45.0 Å². The first-order valence-corrected chi connectivity index (χ1v) is 10.1. The van der Waals surface area contributed by atoms with Gasteiger partial charge < -0.3 is 5.32 Å². The van der Waals surface area contributed by atoms with E-state index in [0.717, 1.165) is 37.2 Å². The summed E-state index contributed by atoms with van der Waals surface area (Å²) in [7, 11) is 0. The molecule has 6 heteroatoms. The zero-order valence-corrected chi connectivity index (χ0v) is 17.1. The maximum Gasteiger partial charge on any atom is 0.345 e. The van der Waals surface area contributed by atoms with Crippen LogP contribution in [0.4, 0.5) is 0 Å². The quantitative estimate of drug-likeness (QED) is 0.617. The zero-order valence-electron chi connectivity index (χ0n) is 17.1. The van der Waals surface area contributed by atoms with Crippen molar-refractivity contribution in [3.8, 4) is 0 Å². The molecule has 0 fully saturated rings. The van der Waals surface area contributed by atoms with Gasteiger partial charge in [0.1, 0.15) is 5.82 Å². The minimum absolute atomic E-state index is 0.0281. The van der Waals surface area contributed by atoms with Gasteiger partial charge in [0.2, 0.25) is 5.91 Å². The molecule has 0 spiro atoms. The van der Waals surface area contributed by atoms with Gasteiger partial charge in [-0.3, -0.25) is 9.36 Å². The monoisotopic (exact) mass is 382 g/mol. The number of aromatic nitrogens is 3. The van der Waals surface area contributed by atoms with Crippen molar-refractivity contribution in [3.05, 3.63) is 57.8 Å². The molecule has 1 N–H and O–H groups in total. The molecule has 2 heterocycles. The number of aryl methyl sites for hydroxylation is 2. The molecule has 6 nitrogen and oxygen atoms in total. The molecule has 1 amide bonds. The second kappa shape index (κ2) is 8.59.